The van der Waals surface area contributed by atoms with Crippen LogP contribution in [0.2, 0.25) is 0 Å². The number of Topliss-reactive ketones (excluding diaryl/α,β-unsaturated/α-hetero) is 1. The molecule has 0 atom stereocenters. The molecule has 0 rings (SSSR count). The maximum Gasteiger partial charge on any atom is 0.138 e. The Labute approximate surface area is 54.9 Å². The Morgan fingerprint density at radius 3 is 2.56 bits per heavy atom. The summed E-state index contributed by atoms with van der Waals surface area (Å²) in [5, 5.41) is 3.37. The number of ketones is 1. The summed E-state index contributed by atoms with van der Waals surface area (Å²) < 4.78 is 0. The molecule has 0 aliphatic carbocycles. The van der Waals surface area contributed by atoms with Crippen molar-refractivity contribution in [2.24, 2.45) is 10.9 Å². The summed E-state index contributed by atoms with van der Waals surface area (Å²) in [6.45, 7) is 3.57. The molecule has 0 bridgehead atoms. The number of carbonyl (C=O) groups is 1. The molecule has 0 amide bonds. The molecule has 0 aromatic rings. The Balaban J connectivity index is 3.60. The molecule has 0 saturated carbocycles. The van der Waals surface area contributed by atoms with Crippen molar-refractivity contribution in [1.82, 2.24) is 0 Å². The molecule has 52 valence electrons. The van der Waals surface area contributed by atoms with Gasteiger partial charge < -0.3 is 5.84 Å². The van der Waals surface area contributed by atoms with Gasteiger partial charge in [0, 0.05) is 18.6 Å². The van der Waals surface area contributed by atoms with Crippen molar-refractivity contribution in [2.45, 2.75) is 26.7 Å². The van der Waals surface area contributed by atoms with Crippen molar-refractivity contribution in [3.8, 4) is 0 Å². The summed E-state index contributed by atoms with van der Waals surface area (Å²) in [7, 11) is 0. The van der Waals surface area contributed by atoms with Crippen molar-refractivity contribution in [3.63, 3.8) is 0 Å². The molecule has 0 spiro atoms. The first-order chi connectivity index (χ1) is 4.20. The van der Waals surface area contributed by atoms with Crippen LogP contribution in [0.3, 0.4) is 0 Å². The summed E-state index contributed by atoms with van der Waals surface area (Å²) >= 11 is 0. The maximum absolute atomic E-state index is 10.6. The van der Waals surface area contributed by atoms with Gasteiger partial charge in [0.25, 0.3) is 0 Å². The third-order valence-corrected chi connectivity index (χ3v) is 1.07. The molecule has 3 heteroatoms. The Bertz CT molecular complexity index is 129. The second-order valence-corrected chi connectivity index (χ2v) is 1.93. The van der Waals surface area contributed by atoms with E-state index in [1.165, 1.54) is 0 Å². The van der Waals surface area contributed by atoms with E-state index in [2.05, 4.69) is 5.10 Å². The number of rotatable bonds is 3. The van der Waals surface area contributed by atoms with Crippen LogP contribution in [0.15, 0.2) is 5.10 Å². The van der Waals surface area contributed by atoms with Crippen molar-refractivity contribution in [1.29, 1.82) is 0 Å². The van der Waals surface area contributed by atoms with Crippen molar-refractivity contribution in [2.75, 3.05) is 0 Å². The topological polar surface area (TPSA) is 55.5 Å². The fraction of sp³-hybridized carbons (Fsp3) is 0.667. The Kier molecular flexibility index (Phi) is 3.67. The number of nitrogens with two attached hydrogens (primary N) is 1. The second-order valence-electron chi connectivity index (χ2n) is 1.93. The minimum absolute atomic E-state index is 0.182. The lowest BCUT2D eigenvalue weighted by Crippen LogP contribution is -2.04. The average molecular weight is 128 g/mol. The van der Waals surface area contributed by atoms with Crippen LogP contribution >= 0.6 is 0 Å². The Hall–Kier alpha value is -0.860. The standard InChI is InChI=1S/C6H12N2O/c1-3-6(9)4-5(2)8-7/h3-4,7H2,1-2H3. The van der Waals surface area contributed by atoms with Crippen LogP contribution in [0.1, 0.15) is 26.7 Å². The van der Waals surface area contributed by atoms with Crippen LogP contribution in [0, 0.1) is 0 Å². The molecule has 0 aromatic heterocycles. The number of hydrogen-bond acceptors (Lipinski definition) is 3. The smallest absolute Gasteiger partial charge is 0.138 e. The van der Waals surface area contributed by atoms with Crippen LogP contribution < -0.4 is 5.84 Å². The number of carbonyl (C=O) groups excluding carboxylic acids is 1. The van der Waals surface area contributed by atoms with Gasteiger partial charge in [0.15, 0.2) is 0 Å². The summed E-state index contributed by atoms with van der Waals surface area (Å²) in [5.74, 6) is 5.09. The van der Waals surface area contributed by atoms with Gasteiger partial charge in [-0.2, -0.15) is 5.10 Å². The van der Waals surface area contributed by atoms with Crippen molar-refractivity contribution in [3.05, 3.63) is 0 Å². The van der Waals surface area contributed by atoms with E-state index in [1.807, 2.05) is 6.92 Å². The zero-order chi connectivity index (χ0) is 7.28. The zero-order valence-electron chi connectivity index (χ0n) is 5.85. The van der Waals surface area contributed by atoms with Gasteiger partial charge >= 0.3 is 0 Å². The highest BCUT2D eigenvalue weighted by Crippen LogP contribution is 1.89. The van der Waals surface area contributed by atoms with Gasteiger partial charge in [-0.3, -0.25) is 4.79 Å². The van der Waals surface area contributed by atoms with Crippen LogP contribution in [0.25, 0.3) is 0 Å². The molecular weight excluding hydrogens is 116 g/mol. The number of hydrazone groups is 1. The van der Waals surface area contributed by atoms with E-state index in [1.54, 1.807) is 6.92 Å². The van der Waals surface area contributed by atoms with Crippen molar-refractivity contribution >= 4 is 11.5 Å². The van der Waals surface area contributed by atoms with Gasteiger partial charge in [0.2, 0.25) is 0 Å². The molecule has 9 heavy (non-hydrogen) atoms. The molecule has 0 heterocycles. The average Bonchev–Trinajstić information content (AvgIpc) is 1.87. The summed E-state index contributed by atoms with van der Waals surface area (Å²) in [6, 6.07) is 0. The van der Waals surface area contributed by atoms with E-state index >= 15 is 0 Å². The lowest BCUT2D eigenvalue weighted by Gasteiger charge is -1.92. The van der Waals surface area contributed by atoms with E-state index in [-0.39, 0.29) is 5.78 Å². The summed E-state index contributed by atoms with van der Waals surface area (Å²) in [6.07, 6.45) is 0.958. The number of nitrogens with zero attached hydrogens (tertiary/aromatic N) is 1. The zero-order valence-corrected chi connectivity index (χ0v) is 5.85. The van der Waals surface area contributed by atoms with Gasteiger partial charge in [-0.1, -0.05) is 6.92 Å². The minimum Gasteiger partial charge on any atom is -0.323 e. The van der Waals surface area contributed by atoms with Crippen LogP contribution in [0.4, 0.5) is 0 Å². The highest BCUT2D eigenvalue weighted by molar-refractivity contribution is 6.00. The van der Waals surface area contributed by atoms with Crippen LogP contribution in [-0.2, 0) is 4.79 Å². The van der Waals surface area contributed by atoms with Gasteiger partial charge in [-0.25, -0.2) is 0 Å². The van der Waals surface area contributed by atoms with E-state index in [0.29, 0.717) is 18.6 Å². The molecule has 0 fully saturated rings. The molecule has 0 aliphatic heterocycles. The monoisotopic (exact) mass is 128 g/mol. The fourth-order valence-corrected chi connectivity index (χ4v) is 0.456. The second kappa shape index (κ2) is 4.06. The molecule has 0 saturated heterocycles. The van der Waals surface area contributed by atoms with E-state index in [0.717, 1.165) is 0 Å². The quantitative estimate of drug-likeness (QED) is 0.345. The first kappa shape index (κ1) is 8.14. The lowest BCUT2D eigenvalue weighted by molar-refractivity contribution is -0.117. The van der Waals surface area contributed by atoms with Crippen LogP contribution in [-0.4, -0.2) is 11.5 Å². The first-order valence-corrected chi connectivity index (χ1v) is 2.95. The largest absolute Gasteiger partial charge is 0.323 e. The normalized spacial score (nSPS) is 11.6. The SMILES string of the molecule is CCC(=O)CC(C)=NN. The summed E-state index contributed by atoms with van der Waals surface area (Å²) in [5.41, 5.74) is 0.696. The van der Waals surface area contributed by atoms with Gasteiger partial charge in [0.1, 0.15) is 5.78 Å². The highest BCUT2D eigenvalue weighted by Gasteiger charge is 1.98. The lowest BCUT2D eigenvalue weighted by atomic mass is 10.2. The van der Waals surface area contributed by atoms with Gasteiger partial charge in [-0.05, 0) is 6.92 Å². The predicted octanol–water partition coefficient (Wildman–Crippen LogP) is 0.690. The molecule has 3 nitrogen and oxygen atoms in total. The molecule has 0 radical (unpaired) electrons. The van der Waals surface area contributed by atoms with E-state index < -0.39 is 0 Å². The molecule has 0 aromatic carbocycles. The fourth-order valence-electron chi connectivity index (χ4n) is 0.456. The Morgan fingerprint density at radius 1 is 1.67 bits per heavy atom. The number of hydrogen-bond donors (Lipinski definition) is 1. The minimum atomic E-state index is 0.182. The Morgan fingerprint density at radius 2 is 2.22 bits per heavy atom. The third kappa shape index (κ3) is 3.70. The predicted molar refractivity (Wildman–Crippen MR) is 37.2 cm³/mol. The van der Waals surface area contributed by atoms with Gasteiger partial charge in [-0.15, -0.1) is 0 Å². The van der Waals surface area contributed by atoms with E-state index in [9.17, 15) is 4.79 Å². The molecule has 2 N–H and O–H groups in total. The van der Waals surface area contributed by atoms with Crippen molar-refractivity contribution < 1.29 is 4.79 Å². The van der Waals surface area contributed by atoms with E-state index in [4.69, 9.17) is 5.84 Å². The van der Waals surface area contributed by atoms with Crippen LogP contribution in [0.5, 0.6) is 0 Å². The first-order valence-electron chi connectivity index (χ1n) is 2.95. The molecule has 0 aliphatic rings. The summed E-state index contributed by atoms with van der Waals surface area (Å²) in [4.78, 5) is 10.6. The third-order valence-electron chi connectivity index (χ3n) is 1.07. The molecule has 0 unspecified atom stereocenters. The molecular formula is C6H12N2O. The highest BCUT2D eigenvalue weighted by atomic mass is 16.1. The van der Waals surface area contributed by atoms with Gasteiger partial charge in [0.05, 0.1) is 0 Å². The maximum atomic E-state index is 10.6.